The van der Waals surface area contributed by atoms with Crippen LogP contribution in [0.4, 0.5) is 0 Å². The van der Waals surface area contributed by atoms with Gasteiger partial charge in [0.25, 0.3) is 0 Å². The van der Waals surface area contributed by atoms with Crippen LogP contribution in [-0.2, 0) is 33.3 Å². The first-order valence-corrected chi connectivity index (χ1v) is 12.5. The second-order valence-corrected chi connectivity index (χ2v) is 9.84. The first-order valence-electron chi connectivity index (χ1n) is 12.5. The Morgan fingerprint density at radius 3 is 2.38 bits per heavy atom. The molecule has 1 saturated heterocycles. The van der Waals surface area contributed by atoms with Crippen LogP contribution in [0.25, 0.3) is 6.08 Å². The monoisotopic (exact) mass is 568 g/mol. The van der Waals surface area contributed by atoms with Crippen LogP contribution in [0.15, 0.2) is 36.1 Å². The van der Waals surface area contributed by atoms with E-state index >= 15 is 0 Å². The van der Waals surface area contributed by atoms with E-state index in [1.54, 1.807) is 6.92 Å². The molecule has 1 aliphatic carbocycles. The summed E-state index contributed by atoms with van der Waals surface area (Å²) in [5.41, 5.74) is 0.340. The molecule has 0 unspecified atom stereocenters. The minimum absolute atomic E-state index is 0.0471. The molecule has 40 heavy (non-hydrogen) atoms. The molecule has 1 saturated carbocycles. The molecular formula is C26H32O14. The van der Waals surface area contributed by atoms with Crippen molar-refractivity contribution in [2.75, 3.05) is 13.7 Å². The molecule has 14 heteroatoms. The number of rotatable bonds is 7. The average Bonchev–Trinajstić information content (AvgIpc) is 3.19. The number of aromatic hydroxyl groups is 2. The van der Waals surface area contributed by atoms with E-state index in [0.717, 1.165) is 19.4 Å². The lowest BCUT2D eigenvalue weighted by atomic mass is 9.82. The van der Waals surface area contributed by atoms with Gasteiger partial charge in [-0.05, 0) is 23.8 Å². The van der Waals surface area contributed by atoms with Crippen molar-refractivity contribution in [2.45, 2.75) is 56.1 Å². The van der Waals surface area contributed by atoms with Crippen LogP contribution in [0.5, 0.6) is 11.5 Å². The molecule has 0 aromatic heterocycles. The Hall–Kier alpha value is -3.24. The summed E-state index contributed by atoms with van der Waals surface area (Å²) in [6, 6.07) is 3.92. The number of phenols is 2. The molecule has 2 aliphatic heterocycles. The number of phenolic OH excluding ortho intramolecular Hbond substituents is 2. The number of aliphatic hydroxyl groups excluding tert-OH is 5. The fourth-order valence-electron chi connectivity index (χ4n) is 5.30. The van der Waals surface area contributed by atoms with E-state index in [1.165, 1.54) is 24.3 Å². The van der Waals surface area contributed by atoms with Crippen molar-refractivity contribution in [1.82, 2.24) is 0 Å². The van der Waals surface area contributed by atoms with Gasteiger partial charge in [0.15, 0.2) is 17.8 Å². The number of carbonyl (C=O) groups excluding carboxylic acids is 2. The molecule has 1 aromatic carbocycles. The Balaban J connectivity index is 1.55. The summed E-state index contributed by atoms with van der Waals surface area (Å²) < 4.78 is 27.1. The summed E-state index contributed by atoms with van der Waals surface area (Å²) in [5.74, 6) is -4.91. The van der Waals surface area contributed by atoms with Crippen molar-refractivity contribution in [1.29, 1.82) is 0 Å². The first kappa shape index (κ1) is 29.7. The van der Waals surface area contributed by atoms with Gasteiger partial charge in [0.05, 0.1) is 31.7 Å². The fraction of sp³-hybridized carbons (Fsp3) is 0.538. The van der Waals surface area contributed by atoms with Crippen molar-refractivity contribution < 1.29 is 69.0 Å². The highest BCUT2D eigenvalue weighted by molar-refractivity contribution is 5.89. The highest BCUT2D eigenvalue weighted by atomic mass is 16.8. The summed E-state index contributed by atoms with van der Waals surface area (Å²) >= 11 is 0. The minimum atomic E-state index is -1.73. The third-order valence-electron chi connectivity index (χ3n) is 7.45. The molecule has 0 amide bonds. The van der Waals surface area contributed by atoms with Crippen LogP contribution in [0.1, 0.15) is 12.5 Å². The number of esters is 2. The lowest BCUT2D eigenvalue weighted by Gasteiger charge is -2.43. The second-order valence-electron chi connectivity index (χ2n) is 9.84. The van der Waals surface area contributed by atoms with E-state index in [2.05, 4.69) is 0 Å². The maximum absolute atomic E-state index is 12.6. The van der Waals surface area contributed by atoms with Gasteiger partial charge < -0.3 is 59.4 Å². The minimum Gasteiger partial charge on any atom is -0.504 e. The molecule has 0 radical (unpaired) electrons. The number of hydrogen-bond acceptors (Lipinski definition) is 14. The topological polar surface area (TPSA) is 222 Å². The maximum atomic E-state index is 12.6. The third kappa shape index (κ3) is 5.65. The van der Waals surface area contributed by atoms with E-state index in [1.807, 2.05) is 0 Å². The summed E-state index contributed by atoms with van der Waals surface area (Å²) in [5, 5.41) is 70.3. The SMILES string of the molecule is COC(=O)C1=CO[C@@H](O[C@H]2O[C@H](CO)[C@@H](O)[C@H](O)[C@H]2O)[C@H]2[C@H](C)[C@@H](OC(=O)C=Cc3ccc(O)c(O)c3)[C@@H](O)[C@H]12. The van der Waals surface area contributed by atoms with Gasteiger partial charge in [0, 0.05) is 23.8 Å². The number of carbonyl (C=O) groups is 2. The lowest BCUT2D eigenvalue weighted by Crippen LogP contribution is -2.60. The highest BCUT2D eigenvalue weighted by Crippen LogP contribution is 2.49. The Kier molecular flexibility index (Phi) is 8.99. The Morgan fingerprint density at radius 1 is 1.00 bits per heavy atom. The van der Waals surface area contributed by atoms with Gasteiger partial charge in [-0.2, -0.15) is 0 Å². The first-order chi connectivity index (χ1) is 19.0. The molecule has 11 atom stereocenters. The standard InChI is InChI=1S/C26H32O14/c1-10-17-18(20(32)23(10)39-16(30)6-4-11-3-5-13(28)14(29)7-11)12(24(35)36-2)9-37-25(17)40-26-22(34)21(33)19(31)15(8-27)38-26/h3-7,9-10,15,17-23,25-29,31-34H,8H2,1-2H3/t10-,15+,17-,18+,19+,20-,21-,22+,23+,25-,26+/m0/s1. The van der Waals surface area contributed by atoms with E-state index in [9.17, 15) is 45.3 Å². The van der Waals surface area contributed by atoms with Gasteiger partial charge in [0.2, 0.25) is 6.29 Å². The van der Waals surface area contributed by atoms with Crippen LogP contribution >= 0.6 is 0 Å². The van der Waals surface area contributed by atoms with E-state index in [0.29, 0.717) is 5.56 Å². The summed E-state index contributed by atoms with van der Waals surface area (Å²) in [7, 11) is 1.14. The van der Waals surface area contributed by atoms with Crippen LogP contribution in [0.3, 0.4) is 0 Å². The predicted molar refractivity (Wildman–Crippen MR) is 131 cm³/mol. The van der Waals surface area contributed by atoms with Gasteiger partial charge in [-0.1, -0.05) is 13.0 Å². The summed E-state index contributed by atoms with van der Waals surface area (Å²) in [6.45, 7) is 0.944. The number of fused-ring (bicyclic) bond motifs is 1. The number of aliphatic hydroxyl groups is 5. The molecule has 4 rings (SSSR count). The van der Waals surface area contributed by atoms with Gasteiger partial charge >= 0.3 is 11.9 Å². The molecule has 2 fully saturated rings. The molecule has 1 aromatic rings. The van der Waals surface area contributed by atoms with E-state index in [-0.39, 0.29) is 17.1 Å². The lowest BCUT2D eigenvalue weighted by molar-refractivity contribution is -0.343. The zero-order valence-corrected chi connectivity index (χ0v) is 21.5. The van der Waals surface area contributed by atoms with Gasteiger partial charge in [-0.25, -0.2) is 9.59 Å². The van der Waals surface area contributed by atoms with Crippen molar-refractivity contribution in [3.63, 3.8) is 0 Å². The smallest absolute Gasteiger partial charge is 0.337 e. The molecule has 14 nitrogen and oxygen atoms in total. The van der Waals surface area contributed by atoms with E-state index < -0.39 is 85.5 Å². The number of methoxy groups -OCH3 is 1. The molecule has 3 aliphatic rings. The van der Waals surface area contributed by atoms with Crippen molar-refractivity contribution in [2.24, 2.45) is 17.8 Å². The summed E-state index contributed by atoms with van der Waals surface area (Å²) in [4.78, 5) is 25.1. The highest BCUT2D eigenvalue weighted by Gasteiger charge is 2.59. The number of benzene rings is 1. The van der Waals surface area contributed by atoms with Crippen LogP contribution in [0, 0.1) is 17.8 Å². The van der Waals surface area contributed by atoms with Gasteiger partial charge in [-0.15, -0.1) is 0 Å². The van der Waals surface area contributed by atoms with E-state index in [4.69, 9.17) is 23.7 Å². The average molecular weight is 569 g/mol. The Morgan fingerprint density at radius 2 is 1.73 bits per heavy atom. The summed E-state index contributed by atoms with van der Waals surface area (Å²) in [6.07, 6.45) is -8.30. The van der Waals surface area contributed by atoms with Crippen LogP contribution in [0.2, 0.25) is 0 Å². The zero-order chi connectivity index (χ0) is 29.3. The normalized spacial score (nSPS) is 37.4. The molecule has 0 spiro atoms. The quantitative estimate of drug-likeness (QED) is 0.113. The second kappa shape index (κ2) is 12.1. The molecular weight excluding hydrogens is 536 g/mol. The number of hydrogen-bond donors (Lipinski definition) is 7. The largest absolute Gasteiger partial charge is 0.504 e. The van der Waals surface area contributed by atoms with Crippen LogP contribution < -0.4 is 0 Å². The van der Waals surface area contributed by atoms with Crippen molar-refractivity contribution in [3.8, 4) is 11.5 Å². The van der Waals surface area contributed by atoms with Gasteiger partial charge in [-0.3, -0.25) is 0 Å². The number of ether oxygens (including phenoxy) is 5. The molecule has 7 N–H and O–H groups in total. The Labute approximate surface area is 228 Å². The van der Waals surface area contributed by atoms with Gasteiger partial charge in [0.1, 0.15) is 30.5 Å². The third-order valence-corrected chi connectivity index (χ3v) is 7.45. The van der Waals surface area contributed by atoms with Crippen LogP contribution in [-0.4, -0.2) is 111 Å². The Bertz CT molecular complexity index is 1150. The fourth-order valence-corrected chi connectivity index (χ4v) is 5.30. The molecule has 0 bridgehead atoms. The predicted octanol–water partition coefficient (Wildman–Crippen LogP) is -1.50. The maximum Gasteiger partial charge on any atom is 0.337 e. The van der Waals surface area contributed by atoms with Crippen molar-refractivity contribution in [3.05, 3.63) is 41.7 Å². The zero-order valence-electron chi connectivity index (χ0n) is 21.5. The molecule has 220 valence electrons. The molecule has 2 heterocycles. The van der Waals surface area contributed by atoms with Crippen molar-refractivity contribution >= 4 is 18.0 Å².